The molecule has 2 heterocycles. The van der Waals surface area contributed by atoms with Crippen molar-refractivity contribution in [2.24, 2.45) is 0 Å². The Hall–Kier alpha value is -2.38. The van der Waals surface area contributed by atoms with E-state index in [0.717, 1.165) is 22.6 Å². The van der Waals surface area contributed by atoms with Gasteiger partial charge in [0.2, 0.25) is 5.91 Å². The summed E-state index contributed by atoms with van der Waals surface area (Å²) >= 11 is 3.12. The monoisotopic (exact) mass is 426 g/mol. The molecule has 152 valence electrons. The van der Waals surface area contributed by atoms with Crippen molar-refractivity contribution in [1.82, 2.24) is 14.8 Å². The van der Waals surface area contributed by atoms with Gasteiger partial charge in [0.1, 0.15) is 0 Å². The molecule has 0 fully saturated rings. The molecule has 0 saturated carbocycles. The normalized spacial score (nSPS) is 11.1. The molecule has 3 aromatic rings. The second kappa shape index (κ2) is 9.41. The summed E-state index contributed by atoms with van der Waals surface area (Å²) in [4.78, 5) is 13.7. The van der Waals surface area contributed by atoms with Gasteiger partial charge < -0.3 is 5.32 Å². The summed E-state index contributed by atoms with van der Waals surface area (Å²) in [5, 5.41) is 14.5. The lowest BCUT2D eigenvalue weighted by Gasteiger charge is -2.09. The van der Waals surface area contributed by atoms with Gasteiger partial charge in [0.15, 0.2) is 11.0 Å². The average molecular weight is 427 g/mol. The van der Waals surface area contributed by atoms with E-state index in [4.69, 9.17) is 0 Å². The molecule has 1 aromatic carbocycles. The van der Waals surface area contributed by atoms with Crippen LogP contribution in [0.5, 0.6) is 0 Å². The van der Waals surface area contributed by atoms with Crippen LogP contribution >= 0.6 is 23.1 Å². The third-order valence-electron chi connectivity index (χ3n) is 4.60. The standard InChI is InChI=1S/C22H26N4OS2/c1-6-9-26-21(17-11-19(14(2)3)28-12-17)24-25-22(26)29-13-20(27)23-18-8-7-15(4)16(5)10-18/h6-8,10-12,14H,1,9,13H2,2-5H3,(H,23,27). The summed E-state index contributed by atoms with van der Waals surface area (Å²) in [7, 11) is 0. The van der Waals surface area contributed by atoms with Crippen LogP contribution in [0.4, 0.5) is 5.69 Å². The second-order valence-corrected chi connectivity index (χ2v) is 9.12. The van der Waals surface area contributed by atoms with Crippen molar-refractivity contribution >= 4 is 34.7 Å². The fourth-order valence-electron chi connectivity index (χ4n) is 2.82. The zero-order valence-corrected chi connectivity index (χ0v) is 18.9. The Balaban J connectivity index is 1.71. The van der Waals surface area contributed by atoms with Crippen LogP contribution in [0.2, 0.25) is 0 Å². The molecule has 3 rings (SSSR count). The van der Waals surface area contributed by atoms with Crippen molar-refractivity contribution in [3.63, 3.8) is 0 Å². The Morgan fingerprint density at radius 3 is 2.72 bits per heavy atom. The number of carbonyl (C=O) groups is 1. The number of thiophene rings is 1. The summed E-state index contributed by atoms with van der Waals surface area (Å²) in [6.07, 6.45) is 1.82. The maximum absolute atomic E-state index is 12.4. The van der Waals surface area contributed by atoms with E-state index in [0.29, 0.717) is 17.6 Å². The van der Waals surface area contributed by atoms with E-state index >= 15 is 0 Å². The number of amides is 1. The molecule has 29 heavy (non-hydrogen) atoms. The topological polar surface area (TPSA) is 59.8 Å². The lowest BCUT2D eigenvalue weighted by Crippen LogP contribution is -2.14. The SMILES string of the molecule is C=CCn1c(SCC(=O)Nc2ccc(C)c(C)c2)nnc1-c1csc(C(C)C)c1. The Labute approximate surface area is 180 Å². The maximum Gasteiger partial charge on any atom is 0.234 e. The van der Waals surface area contributed by atoms with Crippen LogP contribution in [0.1, 0.15) is 35.8 Å². The van der Waals surface area contributed by atoms with E-state index in [2.05, 4.69) is 54.3 Å². The number of rotatable bonds is 8. The molecule has 0 aliphatic heterocycles. The van der Waals surface area contributed by atoms with E-state index in [9.17, 15) is 4.79 Å². The average Bonchev–Trinajstić information content (AvgIpc) is 3.31. The first-order chi connectivity index (χ1) is 13.9. The zero-order valence-electron chi connectivity index (χ0n) is 17.2. The molecular weight excluding hydrogens is 400 g/mol. The van der Waals surface area contributed by atoms with Crippen LogP contribution < -0.4 is 5.32 Å². The van der Waals surface area contributed by atoms with Crippen molar-refractivity contribution in [2.75, 3.05) is 11.1 Å². The van der Waals surface area contributed by atoms with Crippen LogP contribution in [0.3, 0.4) is 0 Å². The molecule has 0 bridgehead atoms. The molecule has 2 aromatic heterocycles. The Morgan fingerprint density at radius 2 is 2.07 bits per heavy atom. The van der Waals surface area contributed by atoms with Gasteiger partial charge >= 0.3 is 0 Å². The number of nitrogens with one attached hydrogen (secondary N) is 1. The molecule has 0 radical (unpaired) electrons. The molecule has 0 unspecified atom stereocenters. The number of hydrogen-bond acceptors (Lipinski definition) is 5. The smallest absolute Gasteiger partial charge is 0.234 e. The molecule has 0 saturated heterocycles. The van der Waals surface area contributed by atoms with Gasteiger partial charge in [-0.3, -0.25) is 9.36 Å². The molecule has 1 amide bonds. The van der Waals surface area contributed by atoms with Crippen molar-refractivity contribution in [1.29, 1.82) is 0 Å². The lowest BCUT2D eigenvalue weighted by atomic mass is 10.1. The number of carbonyl (C=O) groups excluding carboxylic acids is 1. The van der Waals surface area contributed by atoms with E-state index in [1.54, 1.807) is 11.3 Å². The number of hydrogen-bond donors (Lipinski definition) is 1. The first-order valence-electron chi connectivity index (χ1n) is 9.51. The van der Waals surface area contributed by atoms with Crippen LogP contribution in [-0.4, -0.2) is 26.4 Å². The molecule has 1 N–H and O–H groups in total. The van der Waals surface area contributed by atoms with Gasteiger partial charge in [-0.25, -0.2) is 0 Å². The predicted molar refractivity (Wildman–Crippen MR) is 123 cm³/mol. The number of anilines is 1. The summed E-state index contributed by atoms with van der Waals surface area (Å²) in [5.41, 5.74) is 4.23. The number of allylic oxidation sites excluding steroid dienone is 1. The van der Waals surface area contributed by atoms with E-state index in [-0.39, 0.29) is 11.7 Å². The highest BCUT2D eigenvalue weighted by molar-refractivity contribution is 7.99. The van der Waals surface area contributed by atoms with Gasteiger partial charge in [0, 0.05) is 28.1 Å². The number of aromatic nitrogens is 3. The highest BCUT2D eigenvalue weighted by Crippen LogP contribution is 2.31. The van der Waals surface area contributed by atoms with Crippen LogP contribution in [0, 0.1) is 13.8 Å². The Morgan fingerprint density at radius 1 is 1.28 bits per heavy atom. The molecule has 0 aliphatic carbocycles. The van der Waals surface area contributed by atoms with Crippen LogP contribution in [-0.2, 0) is 11.3 Å². The van der Waals surface area contributed by atoms with Crippen LogP contribution in [0.15, 0.2) is 47.5 Å². The fraction of sp³-hybridized carbons (Fsp3) is 0.318. The molecule has 0 aliphatic rings. The summed E-state index contributed by atoms with van der Waals surface area (Å²) in [6, 6.07) is 8.09. The minimum absolute atomic E-state index is 0.0643. The Kier molecular flexibility index (Phi) is 6.92. The summed E-state index contributed by atoms with van der Waals surface area (Å²) < 4.78 is 2.01. The number of benzene rings is 1. The minimum Gasteiger partial charge on any atom is -0.325 e. The van der Waals surface area contributed by atoms with E-state index < -0.39 is 0 Å². The molecule has 0 atom stereocenters. The van der Waals surface area contributed by atoms with Gasteiger partial charge in [0.05, 0.1) is 5.75 Å². The molecular formula is C22H26N4OS2. The predicted octanol–water partition coefficient (Wildman–Crippen LogP) is 5.66. The van der Waals surface area contributed by atoms with Crippen molar-refractivity contribution < 1.29 is 4.79 Å². The zero-order chi connectivity index (χ0) is 21.0. The number of aryl methyl sites for hydroxylation is 2. The number of thioether (sulfide) groups is 1. The quantitative estimate of drug-likeness (QED) is 0.373. The Bertz CT molecular complexity index is 1020. The third-order valence-corrected chi connectivity index (χ3v) is 6.80. The second-order valence-electron chi connectivity index (χ2n) is 7.23. The maximum atomic E-state index is 12.4. The first-order valence-corrected chi connectivity index (χ1v) is 11.4. The van der Waals surface area contributed by atoms with Crippen molar-refractivity contribution in [3.8, 4) is 11.4 Å². The highest BCUT2D eigenvalue weighted by Gasteiger charge is 2.17. The third kappa shape index (κ3) is 5.16. The van der Waals surface area contributed by atoms with Crippen molar-refractivity contribution in [2.45, 2.75) is 45.3 Å². The highest BCUT2D eigenvalue weighted by atomic mass is 32.2. The largest absolute Gasteiger partial charge is 0.325 e. The van der Waals surface area contributed by atoms with Gasteiger partial charge in [0.25, 0.3) is 0 Å². The lowest BCUT2D eigenvalue weighted by molar-refractivity contribution is -0.113. The van der Waals surface area contributed by atoms with E-state index in [1.165, 1.54) is 22.2 Å². The summed E-state index contributed by atoms with van der Waals surface area (Å²) in [6.45, 7) is 12.9. The fourth-order valence-corrected chi connectivity index (χ4v) is 4.47. The molecule has 0 spiro atoms. The van der Waals surface area contributed by atoms with Gasteiger partial charge in [-0.1, -0.05) is 37.8 Å². The number of nitrogens with zero attached hydrogens (tertiary/aromatic N) is 3. The van der Waals surface area contributed by atoms with Gasteiger partial charge in [-0.15, -0.1) is 28.1 Å². The van der Waals surface area contributed by atoms with Gasteiger partial charge in [-0.05, 0) is 49.1 Å². The van der Waals surface area contributed by atoms with Crippen LogP contribution in [0.25, 0.3) is 11.4 Å². The van der Waals surface area contributed by atoms with Crippen molar-refractivity contribution in [3.05, 3.63) is 58.3 Å². The first kappa shape index (κ1) is 21.3. The molecule has 7 heteroatoms. The molecule has 5 nitrogen and oxygen atoms in total. The summed E-state index contributed by atoms with van der Waals surface area (Å²) in [5.74, 6) is 1.49. The minimum atomic E-state index is -0.0643. The van der Waals surface area contributed by atoms with E-state index in [1.807, 2.05) is 35.8 Å². The van der Waals surface area contributed by atoms with Gasteiger partial charge in [-0.2, -0.15) is 0 Å².